The Hall–Kier alpha value is -1.40. The molecule has 1 saturated heterocycles. The Bertz CT molecular complexity index is 686. The van der Waals surface area contributed by atoms with Gasteiger partial charge in [0.1, 0.15) is 0 Å². The number of rotatable bonds is 4. The van der Waals surface area contributed by atoms with Gasteiger partial charge in [0.15, 0.2) is 0 Å². The smallest absolute Gasteiger partial charge is 0.226 e. The van der Waals surface area contributed by atoms with Crippen LogP contribution in [0.1, 0.15) is 36.3 Å². The number of hydrogen-bond donors (Lipinski definition) is 1. The molecular formula is C16H22N2O3S. The van der Waals surface area contributed by atoms with Crippen LogP contribution in [0.4, 0.5) is 0 Å². The van der Waals surface area contributed by atoms with Gasteiger partial charge in [-0.15, -0.1) is 0 Å². The van der Waals surface area contributed by atoms with Crippen molar-refractivity contribution in [3.63, 3.8) is 0 Å². The summed E-state index contributed by atoms with van der Waals surface area (Å²) in [4.78, 5) is 14.4. The van der Waals surface area contributed by atoms with E-state index in [0.29, 0.717) is 6.54 Å². The lowest BCUT2D eigenvalue weighted by molar-refractivity contribution is -0.133. The number of hydrogen-bond acceptors (Lipinski definition) is 3. The third-order valence-corrected chi connectivity index (χ3v) is 5.63. The Morgan fingerprint density at radius 2 is 2.09 bits per heavy atom. The molecule has 0 radical (unpaired) electrons. The van der Waals surface area contributed by atoms with E-state index in [1.807, 2.05) is 12.1 Å². The monoisotopic (exact) mass is 322 g/mol. The molecule has 1 amide bonds. The van der Waals surface area contributed by atoms with Gasteiger partial charge in [-0.2, -0.15) is 0 Å². The second kappa shape index (κ2) is 5.66. The first-order chi connectivity index (χ1) is 10.4. The summed E-state index contributed by atoms with van der Waals surface area (Å²) in [6.07, 6.45) is 2.44. The number of sulfonamides is 1. The molecule has 1 aromatic carbocycles. The van der Waals surface area contributed by atoms with Crippen molar-refractivity contribution in [1.82, 2.24) is 4.90 Å². The van der Waals surface area contributed by atoms with Gasteiger partial charge in [-0.25, -0.2) is 13.6 Å². The lowest BCUT2D eigenvalue weighted by Gasteiger charge is -2.24. The Balaban J connectivity index is 1.69. The first-order valence-corrected chi connectivity index (χ1v) is 9.45. The summed E-state index contributed by atoms with van der Waals surface area (Å²) < 4.78 is 22.6. The van der Waals surface area contributed by atoms with Gasteiger partial charge in [0, 0.05) is 18.5 Å². The zero-order valence-corrected chi connectivity index (χ0v) is 13.6. The van der Waals surface area contributed by atoms with Crippen molar-refractivity contribution in [2.75, 3.05) is 12.3 Å². The van der Waals surface area contributed by atoms with Crippen LogP contribution in [0.25, 0.3) is 0 Å². The third kappa shape index (κ3) is 3.17. The van der Waals surface area contributed by atoms with Gasteiger partial charge in [0.2, 0.25) is 15.9 Å². The minimum absolute atomic E-state index is 0.00202. The number of nitrogens with two attached hydrogens (primary N) is 1. The minimum Gasteiger partial charge on any atom is -0.338 e. The van der Waals surface area contributed by atoms with E-state index in [4.69, 9.17) is 5.14 Å². The third-order valence-electron chi connectivity index (χ3n) is 4.78. The number of benzene rings is 1. The molecule has 120 valence electrons. The normalized spacial score (nSPS) is 27.9. The van der Waals surface area contributed by atoms with Gasteiger partial charge in [0.05, 0.1) is 5.75 Å². The fourth-order valence-corrected chi connectivity index (χ4v) is 4.48. The van der Waals surface area contributed by atoms with E-state index in [0.717, 1.165) is 19.3 Å². The molecular weight excluding hydrogens is 300 g/mol. The van der Waals surface area contributed by atoms with Crippen molar-refractivity contribution >= 4 is 15.9 Å². The Morgan fingerprint density at radius 3 is 2.77 bits per heavy atom. The van der Waals surface area contributed by atoms with Crippen molar-refractivity contribution in [3.05, 3.63) is 35.4 Å². The molecule has 1 aliphatic heterocycles. The molecule has 3 rings (SSSR count). The van der Waals surface area contributed by atoms with E-state index in [2.05, 4.69) is 19.1 Å². The van der Waals surface area contributed by atoms with Gasteiger partial charge in [-0.05, 0) is 43.2 Å². The van der Waals surface area contributed by atoms with Crippen molar-refractivity contribution in [1.29, 1.82) is 0 Å². The molecule has 1 saturated carbocycles. The fraction of sp³-hybridized carbons (Fsp3) is 0.562. The van der Waals surface area contributed by atoms with E-state index in [1.165, 1.54) is 11.1 Å². The molecule has 2 fully saturated rings. The molecule has 2 aliphatic rings. The summed E-state index contributed by atoms with van der Waals surface area (Å²) in [7, 11) is -3.55. The maximum absolute atomic E-state index is 12.7. The fourth-order valence-electron chi connectivity index (χ4n) is 3.59. The maximum Gasteiger partial charge on any atom is 0.226 e. The predicted molar refractivity (Wildman–Crippen MR) is 84.7 cm³/mol. The van der Waals surface area contributed by atoms with E-state index in [9.17, 15) is 13.2 Å². The second-order valence-electron chi connectivity index (χ2n) is 6.46. The summed E-state index contributed by atoms with van der Waals surface area (Å²) in [5.74, 6) is 0.256. The Morgan fingerprint density at radius 1 is 1.36 bits per heavy atom. The van der Waals surface area contributed by atoms with Crippen LogP contribution in [0.15, 0.2) is 24.3 Å². The van der Waals surface area contributed by atoms with Crippen LogP contribution >= 0.6 is 0 Å². The van der Waals surface area contributed by atoms with E-state index < -0.39 is 10.0 Å². The predicted octanol–water partition coefficient (Wildman–Crippen LogP) is 1.38. The number of aryl methyl sites for hydroxylation is 1. The number of primary sulfonamides is 1. The van der Waals surface area contributed by atoms with Crippen molar-refractivity contribution in [2.24, 2.45) is 11.1 Å². The second-order valence-corrected chi connectivity index (χ2v) is 8.12. The lowest BCUT2D eigenvalue weighted by atomic mass is 10.0. The van der Waals surface area contributed by atoms with Crippen LogP contribution < -0.4 is 5.14 Å². The molecule has 22 heavy (non-hydrogen) atoms. The number of nitrogens with zero attached hydrogens (tertiary/aromatic N) is 1. The quantitative estimate of drug-likeness (QED) is 0.909. The molecule has 1 aromatic rings. The van der Waals surface area contributed by atoms with Gasteiger partial charge in [-0.1, -0.05) is 24.3 Å². The number of carbonyl (C=O) groups is 1. The lowest BCUT2D eigenvalue weighted by Crippen LogP contribution is -2.42. The molecule has 0 bridgehead atoms. The highest BCUT2D eigenvalue weighted by atomic mass is 32.2. The van der Waals surface area contributed by atoms with Gasteiger partial charge < -0.3 is 4.90 Å². The van der Waals surface area contributed by atoms with Crippen molar-refractivity contribution in [3.8, 4) is 0 Å². The highest BCUT2D eigenvalue weighted by molar-refractivity contribution is 7.89. The maximum atomic E-state index is 12.7. The topological polar surface area (TPSA) is 80.5 Å². The average molecular weight is 322 g/mol. The van der Waals surface area contributed by atoms with Crippen LogP contribution in [0.3, 0.4) is 0 Å². The molecule has 0 spiro atoms. The van der Waals surface area contributed by atoms with Crippen LogP contribution in [0, 0.1) is 12.8 Å². The van der Waals surface area contributed by atoms with Crippen LogP contribution in [0.2, 0.25) is 0 Å². The molecule has 1 heterocycles. The van der Waals surface area contributed by atoms with Crippen molar-refractivity contribution in [2.45, 2.75) is 38.1 Å². The van der Waals surface area contributed by atoms with E-state index in [1.54, 1.807) is 4.90 Å². The SMILES string of the molecule is Cc1ccccc1[C@@H]1C[C@@H]1C(=O)N1CCC[C@@H]1CS(N)(=O)=O. The minimum atomic E-state index is -3.55. The van der Waals surface area contributed by atoms with Gasteiger partial charge >= 0.3 is 0 Å². The highest BCUT2D eigenvalue weighted by Crippen LogP contribution is 2.50. The number of carbonyl (C=O) groups excluding carboxylic acids is 1. The first-order valence-electron chi connectivity index (χ1n) is 7.73. The number of amides is 1. The van der Waals surface area contributed by atoms with E-state index >= 15 is 0 Å². The standard InChI is InChI=1S/C16H22N2O3S/c1-11-5-2-3-7-13(11)14-9-15(14)16(19)18-8-4-6-12(18)10-22(17,20)21/h2-3,5,7,12,14-15H,4,6,8-10H2,1H3,(H2,17,20,21)/t12-,14+,15+/m1/s1. The summed E-state index contributed by atoms with van der Waals surface area (Å²) in [5.41, 5.74) is 2.45. The van der Waals surface area contributed by atoms with Crippen LogP contribution in [-0.2, 0) is 14.8 Å². The largest absolute Gasteiger partial charge is 0.338 e. The first kappa shape index (κ1) is 15.5. The molecule has 2 N–H and O–H groups in total. The Kier molecular flexibility index (Phi) is 3.99. The molecule has 1 aliphatic carbocycles. The Labute approximate surface area is 131 Å². The zero-order valence-electron chi connectivity index (χ0n) is 12.7. The molecule has 3 atom stereocenters. The summed E-state index contributed by atoms with van der Waals surface area (Å²) in [5, 5.41) is 5.14. The average Bonchev–Trinajstić information content (AvgIpc) is 3.10. The highest BCUT2D eigenvalue weighted by Gasteiger charge is 2.48. The van der Waals surface area contributed by atoms with Gasteiger partial charge in [0.25, 0.3) is 0 Å². The van der Waals surface area contributed by atoms with Crippen LogP contribution in [0.5, 0.6) is 0 Å². The van der Waals surface area contributed by atoms with Crippen molar-refractivity contribution < 1.29 is 13.2 Å². The molecule has 6 heteroatoms. The number of likely N-dealkylation sites (tertiary alicyclic amines) is 1. The summed E-state index contributed by atoms with van der Waals surface area (Å²) in [6.45, 7) is 2.71. The van der Waals surface area contributed by atoms with E-state index in [-0.39, 0.29) is 29.5 Å². The van der Waals surface area contributed by atoms with Crippen LogP contribution in [-0.4, -0.2) is 37.6 Å². The zero-order chi connectivity index (χ0) is 15.9. The molecule has 0 unspecified atom stereocenters. The summed E-state index contributed by atoms with van der Waals surface area (Å²) in [6, 6.07) is 7.90. The molecule has 0 aromatic heterocycles. The molecule has 5 nitrogen and oxygen atoms in total. The van der Waals surface area contributed by atoms with Gasteiger partial charge in [-0.3, -0.25) is 4.79 Å². The summed E-state index contributed by atoms with van der Waals surface area (Å²) >= 11 is 0.